The maximum absolute atomic E-state index is 13.9. The van der Waals surface area contributed by atoms with Crippen LogP contribution in [0.25, 0.3) is 11.0 Å². The first-order chi connectivity index (χ1) is 18.7. The molecule has 10 nitrogen and oxygen atoms in total. The fourth-order valence-corrected chi connectivity index (χ4v) is 4.57. The number of aryl methyl sites for hydroxylation is 2. The van der Waals surface area contributed by atoms with Gasteiger partial charge in [-0.25, -0.2) is 4.98 Å². The van der Waals surface area contributed by atoms with Gasteiger partial charge in [0.05, 0.1) is 26.4 Å². The fourth-order valence-electron chi connectivity index (χ4n) is 4.57. The van der Waals surface area contributed by atoms with E-state index in [1.54, 1.807) is 43.3 Å². The summed E-state index contributed by atoms with van der Waals surface area (Å²) in [5.74, 6) is -0.242. The van der Waals surface area contributed by atoms with Crippen molar-refractivity contribution in [2.75, 3.05) is 5.32 Å². The van der Waals surface area contributed by atoms with E-state index in [-0.39, 0.29) is 11.3 Å². The molecular formula is C29H23N5O5. The summed E-state index contributed by atoms with van der Waals surface area (Å²) >= 11 is 0. The monoisotopic (exact) mass is 521 g/mol. The predicted octanol–water partition coefficient (Wildman–Crippen LogP) is 6.49. The number of hydrogen-bond acceptors (Lipinski definition) is 7. The first kappa shape index (κ1) is 25.3. The summed E-state index contributed by atoms with van der Waals surface area (Å²) in [6.45, 7) is 3.69. The quantitative estimate of drug-likeness (QED) is 0.191. The molecule has 0 amide bonds. The number of para-hydroxylation sites is 2. The van der Waals surface area contributed by atoms with Gasteiger partial charge < -0.3 is 5.32 Å². The Bertz CT molecular complexity index is 1730. The second-order valence-corrected chi connectivity index (χ2v) is 9.17. The molecule has 1 N–H and O–H groups in total. The first-order valence-electron chi connectivity index (χ1n) is 12.1. The summed E-state index contributed by atoms with van der Waals surface area (Å²) < 4.78 is 1.36. The van der Waals surface area contributed by atoms with Crippen molar-refractivity contribution in [3.63, 3.8) is 0 Å². The number of aromatic nitrogens is 2. The molecule has 0 fully saturated rings. The standard InChI is InChI=1S/C29H23N5O5/c1-18-12-13-22(19(2)14-18)31-28-25(33(36)37)16-21(17-26(28)34(38)39)29(35)32-24-11-7-6-10-23(24)30-27(32)15-20-8-4-3-5-9-20/h3-14,16-17,31H,15H2,1-2H3. The van der Waals surface area contributed by atoms with Crippen LogP contribution in [0.5, 0.6) is 0 Å². The smallest absolute Gasteiger partial charge is 0.300 e. The minimum atomic E-state index is -0.730. The Hall–Kier alpha value is -5.38. The van der Waals surface area contributed by atoms with Crippen molar-refractivity contribution in [1.82, 2.24) is 9.55 Å². The lowest BCUT2D eigenvalue weighted by Crippen LogP contribution is -2.17. The highest BCUT2D eigenvalue weighted by Crippen LogP contribution is 2.39. The number of carbonyl (C=O) groups is 1. The largest absolute Gasteiger partial charge is 0.344 e. The molecule has 0 spiro atoms. The topological polar surface area (TPSA) is 133 Å². The van der Waals surface area contributed by atoms with Crippen molar-refractivity contribution < 1.29 is 14.6 Å². The van der Waals surface area contributed by atoms with Crippen molar-refractivity contribution in [3.05, 3.63) is 133 Å². The van der Waals surface area contributed by atoms with Gasteiger partial charge in [-0.15, -0.1) is 0 Å². The SMILES string of the molecule is Cc1ccc(Nc2c([N+](=O)[O-])cc(C(=O)n3c(Cc4ccccc4)nc4ccccc43)cc2[N+](=O)[O-])c(C)c1. The second kappa shape index (κ2) is 10.2. The number of fused-ring (bicyclic) bond motifs is 1. The lowest BCUT2D eigenvalue weighted by atomic mass is 10.1. The minimum Gasteiger partial charge on any atom is -0.344 e. The second-order valence-electron chi connectivity index (χ2n) is 9.17. The van der Waals surface area contributed by atoms with Crippen LogP contribution in [0.3, 0.4) is 0 Å². The van der Waals surface area contributed by atoms with Crippen LogP contribution in [0, 0.1) is 34.1 Å². The van der Waals surface area contributed by atoms with Gasteiger partial charge in [-0.2, -0.15) is 0 Å². The summed E-state index contributed by atoms with van der Waals surface area (Å²) in [5.41, 5.74) is 2.53. The van der Waals surface area contributed by atoms with Crippen LogP contribution < -0.4 is 5.32 Å². The molecule has 0 aliphatic rings. The highest BCUT2D eigenvalue weighted by Gasteiger charge is 2.30. The molecule has 0 aliphatic heterocycles. The number of imidazole rings is 1. The number of nitro benzene ring substituents is 2. The third-order valence-corrected chi connectivity index (χ3v) is 6.42. The first-order valence-corrected chi connectivity index (χ1v) is 12.1. The van der Waals surface area contributed by atoms with Crippen LogP contribution in [-0.2, 0) is 6.42 Å². The Labute approximate surface area is 222 Å². The predicted molar refractivity (Wildman–Crippen MR) is 148 cm³/mol. The maximum atomic E-state index is 13.9. The highest BCUT2D eigenvalue weighted by atomic mass is 16.6. The van der Waals surface area contributed by atoms with E-state index >= 15 is 0 Å². The molecule has 0 aliphatic carbocycles. The fraction of sp³-hybridized carbons (Fsp3) is 0.103. The van der Waals surface area contributed by atoms with E-state index in [1.165, 1.54) is 4.57 Å². The van der Waals surface area contributed by atoms with E-state index in [1.807, 2.05) is 43.3 Å². The van der Waals surface area contributed by atoms with Crippen molar-refractivity contribution >= 4 is 39.7 Å². The van der Waals surface area contributed by atoms with Gasteiger partial charge in [0.2, 0.25) is 0 Å². The summed E-state index contributed by atoms with van der Waals surface area (Å²) in [6, 6.07) is 23.9. The number of anilines is 2. The van der Waals surface area contributed by atoms with Crippen molar-refractivity contribution in [3.8, 4) is 0 Å². The Kier molecular flexibility index (Phi) is 6.59. The number of benzene rings is 4. The summed E-state index contributed by atoms with van der Waals surface area (Å²) in [5, 5.41) is 27.1. The van der Waals surface area contributed by atoms with Gasteiger partial charge in [0.25, 0.3) is 5.91 Å². The Morgan fingerprint density at radius 1 is 0.872 bits per heavy atom. The molecule has 5 rings (SSSR count). The average molecular weight is 522 g/mol. The van der Waals surface area contributed by atoms with Gasteiger partial charge in [-0.05, 0) is 43.2 Å². The molecule has 1 aromatic heterocycles. The van der Waals surface area contributed by atoms with E-state index in [0.717, 1.165) is 28.8 Å². The molecule has 4 aromatic carbocycles. The molecule has 0 saturated heterocycles. The number of nitrogens with one attached hydrogen (secondary N) is 1. The van der Waals surface area contributed by atoms with Crippen LogP contribution in [0.4, 0.5) is 22.7 Å². The lowest BCUT2D eigenvalue weighted by molar-refractivity contribution is -0.392. The van der Waals surface area contributed by atoms with Crippen LogP contribution in [0.15, 0.2) is 84.9 Å². The van der Waals surface area contributed by atoms with Crippen LogP contribution in [-0.4, -0.2) is 25.3 Å². The molecule has 0 saturated carbocycles. The Balaban J connectivity index is 1.66. The number of carbonyl (C=O) groups excluding carboxylic acids is 1. The van der Waals surface area contributed by atoms with Gasteiger partial charge >= 0.3 is 11.4 Å². The van der Waals surface area contributed by atoms with Gasteiger partial charge in [-0.3, -0.25) is 29.6 Å². The van der Waals surface area contributed by atoms with Crippen LogP contribution in [0.1, 0.15) is 32.9 Å². The number of nitrogens with zero attached hydrogens (tertiary/aromatic N) is 4. The van der Waals surface area contributed by atoms with E-state index in [2.05, 4.69) is 10.3 Å². The zero-order valence-corrected chi connectivity index (χ0v) is 21.1. The molecule has 0 radical (unpaired) electrons. The molecule has 39 heavy (non-hydrogen) atoms. The summed E-state index contributed by atoms with van der Waals surface area (Å²) in [7, 11) is 0. The third-order valence-electron chi connectivity index (χ3n) is 6.42. The molecule has 5 aromatic rings. The Morgan fingerprint density at radius 2 is 1.51 bits per heavy atom. The summed E-state index contributed by atoms with van der Waals surface area (Å²) in [4.78, 5) is 41.3. The van der Waals surface area contributed by atoms with Crippen LogP contribution in [0.2, 0.25) is 0 Å². The molecule has 194 valence electrons. The van der Waals surface area contributed by atoms with Gasteiger partial charge in [0, 0.05) is 24.2 Å². The van der Waals surface area contributed by atoms with E-state index < -0.39 is 27.1 Å². The molecule has 0 bridgehead atoms. The van der Waals surface area contributed by atoms with Gasteiger partial charge in [0.15, 0.2) is 5.69 Å². The van der Waals surface area contributed by atoms with E-state index in [0.29, 0.717) is 29.0 Å². The number of hydrogen-bond donors (Lipinski definition) is 1. The van der Waals surface area contributed by atoms with Crippen molar-refractivity contribution in [2.24, 2.45) is 0 Å². The average Bonchev–Trinajstić information content (AvgIpc) is 3.27. The lowest BCUT2D eigenvalue weighted by Gasteiger charge is -2.13. The number of rotatable bonds is 7. The van der Waals surface area contributed by atoms with Crippen molar-refractivity contribution in [1.29, 1.82) is 0 Å². The van der Waals surface area contributed by atoms with Crippen LogP contribution >= 0.6 is 0 Å². The maximum Gasteiger partial charge on any atom is 0.300 e. The number of nitro groups is 2. The highest BCUT2D eigenvalue weighted by molar-refractivity contribution is 6.04. The van der Waals surface area contributed by atoms with Gasteiger partial charge in [0.1, 0.15) is 5.82 Å². The molecule has 0 atom stereocenters. The molecule has 1 heterocycles. The normalized spacial score (nSPS) is 10.9. The molecule has 0 unspecified atom stereocenters. The van der Waals surface area contributed by atoms with E-state index in [4.69, 9.17) is 0 Å². The minimum absolute atomic E-state index is 0.197. The zero-order chi connectivity index (χ0) is 27.7. The molecule has 10 heteroatoms. The van der Waals surface area contributed by atoms with E-state index in [9.17, 15) is 25.0 Å². The molecular weight excluding hydrogens is 498 g/mol. The zero-order valence-electron chi connectivity index (χ0n) is 21.1. The Morgan fingerprint density at radius 3 is 2.15 bits per heavy atom. The van der Waals surface area contributed by atoms with Crippen molar-refractivity contribution in [2.45, 2.75) is 20.3 Å². The summed E-state index contributed by atoms with van der Waals surface area (Å²) in [6.07, 6.45) is 0.317. The third kappa shape index (κ3) is 4.95. The van der Waals surface area contributed by atoms with Gasteiger partial charge in [-0.1, -0.05) is 60.2 Å².